The van der Waals surface area contributed by atoms with Gasteiger partial charge in [-0.05, 0) is 36.2 Å². The number of carbonyl (C=O) groups excluding carboxylic acids is 2. The molecule has 2 N–H and O–H groups in total. The number of aryl methyl sites for hydroxylation is 1. The van der Waals surface area contributed by atoms with Gasteiger partial charge in [-0.2, -0.15) is 5.10 Å². The highest BCUT2D eigenvalue weighted by Gasteiger charge is 2.13. The smallest absolute Gasteiger partial charge is 0.253 e. The van der Waals surface area contributed by atoms with Gasteiger partial charge in [-0.15, -0.1) is 0 Å². The van der Waals surface area contributed by atoms with E-state index in [0.717, 1.165) is 12.0 Å². The van der Waals surface area contributed by atoms with E-state index in [0.29, 0.717) is 35.2 Å². The van der Waals surface area contributed by atoms with Crippen molar-refractivity contribution in [3.63, 3.8) is 0 Å². The minimum atomic E-state index is -0.246. The summed E-state index contributed by atoms with van der Waals surface area (Å²) in [6, 6.07) is 24.0. The maximum atomic E-state index is 12.7. The number of nitrogens with one attached hydrogen (secondary N) is 2. The minimum absolute atomic E-state index is 0.143. The molecular weight excluding hydrogens is 416 g/mol. The van der Waals surface area contributed by atoms with Gasteiger partial charge in [-0.25, -0.2) is 0 Å². The third kappa shape index (κ3) is 5.51. The van der Waals surface area contributed by atoms with Crippen molar-refractivity contribution in [1.82, 2.24) is 15.1 Å². The number of rotatable bonds is 8. The van der Waals surface area contributed by atoms with E-state index in [1.165, 1.54) is 6.20 Å². The molecule has 0 saturated heterocycles. The van der Waals surface area contributed by atoms with Crippen LogP contribution in [0.1, 0.15) is 22.3 Å². The number of fused-ring (bicyclic) bond motifs is 1. The van der Waals surface area contributed by atoms with Crippen molar-refractivity contribution in [2.75, 3.05) is 11.9 Å². The van der Waals surface area contributed by atoms with E-state index < -0.39 is 0 Å². The van der Waals surface area contributed by atoms with Gasteiger partial charge in [-0.3, -0.25) is 19.1 Å². The van der Waals surface area contributed by atoms with Gasteiger partial charge in [0.25, 0.3) is 5.91 Å². The van der Waals surface area contributed by atoms with E-state index in [2.05, 4.69) is 15.7 Å². The Morgan fingerprint density at radius 1 is 0.879 bits per heavy atom. The molecular formula is C26H24N4O3. The van der Waals surface area contributed by atoms with Crippen molar-refractivity contribution in [3.8, 4) is 0 Å². The summed E-state index contributed by atoms with van der Waals surface area (Å²) in [6.45, 7) is 0.800. The normalized spacial score (nSPS) is 10.7. The third-order valence-electron chi connectivity index (χ3n) is 5.30. The van der Waals surface area contributed by atoms with Crippen molar-refractivity contribution in [2.24, 2.45) is 0 Å². The summed E-state index contributed by atoms with van der Waals surface area (Å²) in [5, 5.41) is 10.4. The van der Waals surface area contributed by atoms with Crippen molar-refractivity contribution < 1.29 is 9.59 Å². The van der Waals surface area contributed by atoms with Crippen LogP contribution in [0.3, 0.4) is 0 Å². The molecule has 3 aromatic carbocycles. The van der Waals surface area contributed by atoms with Crippen LogP contribution in [-0.4, -0.2) is 28.1 Å². The summed E-state index contributed by atoms with van der Waals surface area (Å²) in [6.07, 6.45) is 2.13. The third-order valence-corrected chi connectivity index (χ3v) is 5.30. The van der Waals surface area contributed by atoms with Gasteiger partial charge in [0.1, 0.15) is 0 Å². The highest BCUT2D eigenvalue weighted by atomic mass is 16.2. The topological polar surface area (TPSA) is 93.1 Å². The quantitative estimate of drug-likeness (QED) is 0.439. The van der Waals surface area contributed by atoms with Gasteiger partial charge in [0, 0.05) is 18.4 Å². The summed E-state index contributed by atoms with van der Waals surface area (Å²) >= 11 is 0. The average Bonchev–Trinajstić information content (AvgIpc) is 2.85. The summed E-state index contributed by atoms with van der Waals surface area (Å²) in [7, 11) is 0. The fourth-order valence-corrected chi connectivity index (χ4v) is 3.61. The van der Waals surface area contributed by atoms with Gasteiger partial charge in [0.05, 0.1) is 29.5 Å². The summed E-state index contributed by atoms with van der Waals surface area (Å²) in [5.74, 6) is -0.487. The predicted octanol–water partition coefficient (Wildman–Crippen LogP) is 3.40. The first-order valence-electron chi connectivity index (χ1n) is 10.8. The Balaban J connectivity index is 1.37. The number of anilines is 1. The van der Waals surface area contributed by atoms with Crippen molar-refractivity contribution in [3.05, 3.63) is 106 Å². The van der Waals surface area contributed by atoms with Crippen LogP contribution in [0.25, 0.3) is 10.9 Å². The molecule has 0 spiro atoms. The number of carbonyl (C=O) groups is 2. The number of benzene rings is 3. The van der Waals surface area contributed by atoms with Crippen molar-refractivity contribution >= 4 is 28.4 Å². The van der Waals surface area contributed by atoms with Crippen LogP contribution in [0.2, 0.25) is 0 Å². The maximum absolute atomic E-state index is 12.7. The van der Waals surface area contributed by atoms with Crippen LogP contribution < -0.4 is 16.1 Å². The molecule has 7 nitrogen and oxygen atoms in total. The van der Waals surface area contributed by atoms with Gasteiger partial charge in [0.15, 0.2) is 0 Å². The van der Waals surface area contributed by atoms with E-state index in [1.54, 1.807) is 47.1 Å². The zero-order chi connectivity index (χ0) is 23.0. The number of aromatic nitrogens is 2. The first-order valence-corrected chi connectivity index (χ1v) is 10.8. The second kappa shape index (κ2) is 10.4. The fourth-order valence-electron chi connectivity index (χ4n) is 3.61. The second-order valence-electron chi connectivity index (χ2n) is 7.58. The number of nitrogens with zero attached hydrogens (tertiary/aromatic N) is 2. The van der Waals surface area contributed by atoms with Crippen LogP contribution in [0, 0.1) is 0 Å². The van der Waals surface area contributed by atoms with Crippen LogP contribution in [0.4, 0.5) is 5.69 Å². The van der Waals surface area contributed by atoms with E-state index in [1.807, 2.05) is 36.4 Å². The van der Waals surface area contributed by atoms with Gasteiger partial charge < -0.3 is 10.6 Å². The molecule has 4 rings (SSSR count). The molecule has 1 heterocycles. The Bertz CT molecular complexity index is 1330. The second-order valence-corrected chi connectivity index (χ2v) is 7.58. The van der Waals surface area contributed by atoms with Gasteiger partial charge >= 0.3 is 0 Å². The van der Waals surface area contributed by atoms with Gasteiger partial charge in [-0.1, -0.05) is 54.6 Å². The number of amides is 2. The first-order chi connectivity index (χ1) is 16.1. The summed E-state index contributed by atoms with van der Waals surface area (Å²) in [4.78, 5) is 37.3. The molecule has 0 radical (unpaired) electrons. The number of hydrogen-bond donors (Lipinski definition) is 2. The van der Waals surface area contributed by atoms with Crippen LogP contribution in [-0.2, 0) is 17.8 Å². The lowest BCUT2D eigenvalue weighted by Gasteiger charge is -2.12. The molecule has 0 aliphatic rings. The average molecular weight is 441 g/mol. The van der Waals surface area contributed by atoms with E-state index in [9.17, 15) is 14.4 Å². The molecule has 33 heavy (non-hydrogen) atoms. The highest BCUT2D eigenvalue weighted by Crippen LogP contribution is 2.16. The highest BCUT2D eigenvalue weighted by molar-refractivity contribution is 6.03. The lowest BCUT2D eigenvalue weighted by atomic mass is 10.1. The zero-order valence-corrected chi connectivity index (χ0v) is 18.0. The van der Waals surface area contributed by atoms with E-state index in [-0.39, 0.29) is 23.7 Å². The molecule has 0 aliphatic heterocycles. The number of hydrogen-bond acceptors (Lipinski definition) is 4. The summed E-state index contributed by atoms with van der Waals surface area (Å²) in [5.41, 5.74) is 2.53. The molecule has 1 aromatic heterocycles. The van der Waals surface area contributed by atoms with E-state index >= 15 is 0 Å². The molecule has 0 bridgehead atoms. The molecule has 0 unspecified atom stereocenters. The molecule has 0 aliphatic carbocycles. The van der Waals surface area contributed by atoms with Gasteiger partial charge in [0.2, 0.25) is 11.3 Å². The lowest BCUT2D eigenvalue weighted by Crippen LogP contribution is -2.27. The first kappa shape index (κ1) is 22.0. The number of para-hydroxylation sites is 2. The Morgan fingerprint density at radius 2 is 1.61 bits per heavy atom. The lowest BCUT2D eigenvalue weighted by molar-refractivity contribution is -0.116. The predicted molar refractivity (Wildman–Crippen MR) is 128 cm³/mol. The molecule has 2 amide bonds. The molecule has 166 valence electrons. The Labute approximate surface area is 191 Å². The Morgan fingerprint density at radius 3 is 2.45 bits per heavy atom. The summed E-state index contributed by atoms with van der Waals surface area (Å²) < 4.78 is 1.64. The van der Waals surface area contributed by atoms with E-state index in [4.69, 9.17) is 0 Å². The standard InChI is InChI=1S/C26H24N4O3/c31-24-18-28-30(23-13-7-5-11-21(23)24)17-15-25(32)29-22-12-6-4-10-20(22)26(33)27-16-14-19-8-2-1-3-9-19/h1-13,18H,14-17H2,(H,27,33)(H,29,32). The molecule has 7 heteroatoms. The minimum Gasteiger partial charge on any atom is -0.352 e. The fraction of sp³-hybridized carbons (Fsp3) is 0.154. The molecule has 4 aromatic rings. The molecule has 0 atom stereocenters. The van der Waals surface area contributed by atoms with Crippen molar-refractivity contribution in [1.29, 1.82) is 0 Å². The molecule has 0 fully saturated rings. The zero-order valence-electron chi connectivity index (χ0n) is 18.0. The van der Waals surface area contributed by atoms with Crippen molar-refractivity contribution in [2.45, 2.75) is 19.4 Å². The Kier molecular flexibility index (Phi) is 6.90. The molecule has 0 saturated carbocycles. The van der Waals surface area contributed by atoms with Crippen LogP contribution >= 0.6 is 0 Å². The maximum Gasteiger partial charge on any atom is 0.253 e. The SMILES string of the molecule is O=C(CCn1ncc(=O)c2ccccc21)Nc1ccccc1C(=O)NCCc1ccccc1. The largest absolute Gasteiger partial charge is 0.352 e. The monoisotopic (exact) mass is 440 g/mol. The van der Waals surface area contributed by atoms with Crippen LogP contribution in [0.15, 0.2) is 89.9 Å². The Hall–Kier alpha value is -4.26. The van der Waals surface area contributed by atoms with Crippen LogP contribution in [0.5, 0.6) is 0 Å².